The fourth-order valence-electron chi connectivity index (χ4n) is 1.55. The summed E-state index contributed by atoms with van der Waals surface area (Å²) in [6, 6.07) is 2.06. The summed E-state index contributed by atoms with van der Waals surface area (Å²) in [5, 5.41) is 9.11. The van der Waals surface area contributed by atoms with Crippen LogP contribution in [-0.4, -0.2) is 28.0 Å². The molecule has 0 aliphatic carbocycles. The van der Waals surface area contributed by atoms with Crippen molar-refractivity contribution in [2.45, 2.75) is 26.8 Å². The molecule has 0 aliphatic rings. The van der Waals surface area contributed by atoms with Crippen molar-refractivity contribution >= 4 is 0 Å². The van der Waals surface area contributed by atoms with Gasteiger partial charge in [0.15, 0.2) is 0 Å². The van der Waals surface area contributed by atoms with Gasteiger partial charge < -0.3 is 4.98 Å². The Bertz CT molecular complexity index is 319. The quantitative estimate of drug-likeness (QED) is 0.788. The van der Waals surface area contributed by atoms with Gasteiger partial charge in [0.1, 0.15) is 6.04 Å². The Kier molecular flexibility index (Phi) is 3.66. The number of nitrogens with one attached hydrogen (secondary N) is 1. The van der Waals surface area contributed by atoms with Crippen molar-refractivity contribution in [2.24, 2.45) is 0 Å². The first-order chi connectivity index (χ1) is 6.74. The maximum Gasteiger partial charge on any atom is 0.142 e. The second-order valence-corrected chi connectivity index (χ2v) is 3.17. The number of H-pyrrole nitrogens is 1. The van der Waals surface area contributed by atoms with Crippen molar-refractivity contribution in [3.05, 3.63) is 17.7 Å². The monoisotopic (exact) mass is 192 g/mol. The fourth-order valence-corrected chi connectivity index (χ4v) is 1.55. The minimum atomic E-state index is -0.226. The van der Waals surface area contributed by atoms with Crippen molar-refractivity contribution in [3.8, 4) is 6.07 Å². The molecule has 14 heavy (non-hydrogen) atoms. The number of aryl methyl sites for hydroxylation is 1. The largest absolute Gasteiger partial charge is 0.348 e. The van der Waals surface area contributed by atoms with Crippen molar-refractivity contribution < 1.29 is 0 Å². The molecule has 1 rings (SSSR count). The van der Waals surface area contributed by atoms with E-state index in [1.165, 1.54) is 0 Å². The lowest BCUT2D eigenvalue weighted by molar-refractivity contribution is 0.258. The number of nitriles is 1. The van der Waals surface area contributed by atoms with Crippen molar-refractivity contribution in [3.63, 3.8) is 0 Å². The molecule has 1 N–H and O–H groups in total. The topological polar surface area (TPSA) is 55.7 Å². The van der Waals surface area contributed by atoms with Crippen LogP contribution >= 0.6 is 0 Å². The molecule has 0 aromatic carbocycles. The SMILES string of the molecule is CCN(CC)C(C#N)c1nc[nH]c1C. The maximum absolute atomic E-state index is 9.11. The first kappa shape index (κ1) is 10.7. The van der Waals surface area contributed by atoms with Crippen LogP contribution in [0.15, 0.2) is 6.33 Å². The van der Waals surface area contributed by atoms with Gasteiger partial charge in [-0.1, -0.05) is 13.8 Å². The molecule has 1 aromatic heterocycles. The number of aromatic nitrogens is 2. The molecule has 0 radical (unpaired) electrons. The molecule has 1 heterocycles. The van der Waals surface area contributed by atoms with Crippen molar-refractivity contribution in [2.75, 3.05) is 13.1 Å². The number of hydrogen-bond donors (Lipinski definition) is 1. The third-order valence-corrected chi connectivity index (χ3v) is 2.43. The molecule has 0 spiro atoms. The van der Waals surface area contributed by atoms with E-state index < -0.39 is 0 Å². The van der Waals surface area contributed by atoms with Crippen LogP contribution in [0.2, 0.25) is 0 Å². The van der Waals surface area contributed by atoms with Crippen LogP contribution in [0.25, 0.3) is 0 Å². The smallest absolute Gasteiger partial charge is 0.142 e. The Morgan fingerprint density at radius 2 is 2.21 bits per heavy atom. The summed E-state index contributed by atoms with van der Waals surface area (Å²) < 4.78 is 0. The third kappa shape index (κ3) is 1.94. The number of aromatic amines is 1. The van der Waals surface area contributed by atoms with E-state index in [9.17, 15) is 0 Å². The summed E-state index contributed by atoms with van der Waals surface area (Å²) in [6.07, 6.45) is 1.64. The van der Waals surface area contributed by atoms with Crippen LogP contribution in [0.1, 0.15) is 31.3 Å². The van der Waals surface area contributed by atoms with Gasteiger partial charge in [0.05, 0.1) is 18.1 Å². The molecular weight excluding hydrogens is 176 g/mol. The van der Waals surface area contributed by atoms with Crippen LogP contribution in [-0.2, 0) is 0 Å². The van der Waals surface area contributed by atoms with Gasteiger partial charge in [0.25, 0.3) is 0 Å². The Morgan fingerprint density at radius 3 is 2.57 bits per heavy atom. The average molecular weight is 192 g/mol. The lowest BCUT2D eigenvalue weighted by atomic mass is 10.1. The number of hydrogen-bond acceptors (Lipinski definition) is 3. The molecule has 4 nitrogen and oxygen atoms in total. The second kappa shape index (κ2) is 4.77. The second-order valence-electron chi connectivity index (χ2n) is 3.17. The summed E-state index contributed by atoms with van der Waals surface area (Å²) in [5.41, 5.74) is 1.82. The van der Waals surface area contributed by atoms with Crippen LogP contribution in [0.5, 0.6) is 0 Å². The first-order valence-corrected chi connectivity index (χ1v) is 4.88. The predicted octanol–water partition coefficient (Wildman–Crippen LogP) is 1.62. The third-order valence-electron chi connectivity index (χ3n) is 2.43. The van der Waals surface area contributed by atoms with Gasteiger partial charge in [0.2, 0.25) is 0 Å². The summed E-state index contributed by atoms with van der Waals surface area (Å²) in [4.78, 5) is 9.27. The molecule has 1 unspecified atom stereocenters. The number of nitrogens with zero attached hydrogens (tertiary/aromatic N) is 3. The predicted molar refractivity (Wildman–Crippen MR) is 54.6 cm³/mol. The number of rotatable bonds is 4. The van der Waals surface area contributed by atoms with Gasteiger partial charge in [0, 0.05) is 5.69 Å². The van der Waals surface area contributed by atoms with Crippen LogP contribution in [0.4, 0.5) is 0 Å². The molecule has 4 heteroatoms. The summed E-state index contributed by atoms with van der Waals surface area (Å²) in [6.45, 7) is 7.77. The van der Waals surface area contributed by atoms with Gasteiger partial charge in [-0.15, -0.1) is 0 Å². The highest BCUT2D eigenvalue weighted by Gasteiger charge is 2.20. The minimum absolute atomic E-state index is 0.226. The summed E-state index contributed by atoms with van der Waals surface area (Å²) in [7, 11) is 0. The molecule has 0 amide bonds. The molecule has 0 saturated carbocycles. The molecule has 76 valence electrons. The molecule has 0 fully saturated rings. The normalized spacial score (nSPS) is 12.8. The number of imidazole rings is 1. The lowest BCUT2D eigenvalue weighted by Gasteiger charge is -2.22. The van der Waals surface area contributed by atoms with Gasteiger partial charge in [-0.2, -0.15) is 5.26 Å². The first-order valence-electron chi connectivity index (χ1n) is 4.88. The Morgan fingerprint density at radius 1 is 1.57 bits per heavy atom. The lowest BCUT2D eigenvalue weighted by Crippen LogP contribution is -2.28. The molecule has 0 bridgehead atoms. The van der Waals surface area contributed by atoms with Gasteiger partial charge in [-0.3, -0.25) is 4.90 Å². The van der Waals surface area contributed by atoms with Gasteiger partial charge in [-0.25, -0.2) is 4.98 Å². The molecule has 1 aromatic rings. The van der Waals surface area contributed by atoms with E-state index in [0.29, 0.717) is 0 Å². The van der Waals surface area contributed by atoms with Gasteiger partial charge >= 0.3 is 0 Å². The van der Waals surface area contributed by atoms with E-state index in [-0.39, 0.29) is 6.04 Å². The Labute approximate surface area is 84.6 Å². The van der Waals surface area contributed by atoms with E-state index >= 15 is 0 Å². The highest BCUT2D eigenvalue weighted by molar-refractivity contribution is 5.20. The van der Waals surface area contributed by atoms with Crippen LogP contribution in [0.3, 0.4) is 0 Å². The van der Waals surface area contributed by atoms with E-state index in [1.54, 1.807) is 6.33 Å². The maximum atomic E-state index is 9.11. The molecular formula is C10H16N4. The Balaban J connectivity index is 2.93. The van der Waals surface area contributed by atoms with E-state index in [4.69, 9.17) is 5.26 Å². The zero-order valence-corrected chi connectivity index (χ0v) is 8.91. The van der Waals surface area contributed by atoms with E-state index in [0.717, 1.165) is 24.5 Å². The van der Waals surface area contributed by atoms with E-state index in [2.05, 4.69) is 34.8 Å². The average Bonchev–Trinajstić information content (AvgIpc) is 2.61. The fraction of sp³-hybridized carbons (Fsp3) is 0.600. The zero-order chi connectivity index (χ0) is 10.6. The summed E-state index contributed by atoms with van der Waals surface area (Å²) in [5.74, 6) is 0. The standard InChI is InChI=1S/C10H16N4/c1-4-14(5-2)9(6-11)10-8(3)12-7-13-10/h7,9H,4-5H2,1-3H3,(H,12,13). The molecule has 0 aliphatic heterocycles. The Hall–Kier alpha value is -1.34. The molecule has 0 saturated heterocycles. The van der Waals surface area contributed by atoms with Gasteiger partial charge in [-0.05, 0) is 20.0 Å². The minimum Gasteiger partial charge on any atom is -0.348 e. The summed E-state index contributed by atoms with van der Waals surface area (Å²) >= 11 is 0. The highest BCUT2D eigenvalue weighted by Crippen LogP contribution is 2.19. The van der Waals surface area contributed by atoms with Crippen molar-refractivity contribution in [1.82, 2.24) is 14.9 Å². The highest BCUT2D eigenvalue weighted by atomic mass is 15.2. The van der Waals surface area contributed by atoms with E-state index in [1.807, 2.05) is 6.92 Å². The van der Waals surface area contributed by atoms with Crippen molar-refractivity contribution in [1.29, 1.82) is 5.26 Å². The molecule has 1 atom stereocenters. The van der Waals surface area contributed by atoms with Crippen LogP contribution in [0, 0.1) is 18.3 Å². The zero-order valence-electron chi connectivity index (χ0n) is 8.91. The van der Waals surface area contributed by atoms with Crippen LogP contribution < -0.4 is 0 Å².